The van der Waals surface area contributed by atoms with Gasteiger partial charge in [-0.2, -0.15) is 0 Å². The third-order valence-corrected chi connectivity index (χ3v) is 7.73. The molecule has 4 bridgehead atoms. The molecule has 0 radical (unpaired) electrons. The second-order valence-electron chi connectivity index (χ2n) is 9.63. The fraction of sp³-hybridized carbons (Fsp3) is 0.714. The Hall–Kier alpha value is -2.22. The molecule has 4 saturated carbocycles. The Morgan fingerprint density at radius 3 is 2.69 bits per heavy atom. The van der Waals surface area contributed by atoms with Crippen LogP contribution in [0.5, 0.6) is 0 Å². The molecule has 29 heavy (non-hydrogen) atoms. The van der Waals surface area contributed by atoms with Crippen LogP contribution < -0.4 is 10.2 Å². The maximum Gasteiger partial charge on any atom is 0.287 e. The van der Waals surface area contributed by atoms with Gasteiger partial charge >= 0.3 is 0 Å². The first-order chi connectivity index (χ1) is 13.9. The summed E-state index contributed by atoms with van der Waals surface area (Å²) < 4.78 is 0. The molecule has 5 aliphatic rings. The van der Waals surface area contributed by atoms with E-state index in [9.17, 15) is 20.0 Å². The lowest BCUT2D eigenvalue weighted by molar-refractivity contribution is -0.385. The van der Waals surface area contributed by atoms with Crippen molar-refractivity contribution in [2.24, 2.45) is 23.2 Å². The number of rotatable bonds is 4. The summed E-state index contributed by atoms with van der Waals surface area (Å²) in [5.41, 5.74) is -0.302. The largest absolute Gasteiger partial charge is 0.393 e. The number of pyridine rings is 1. The molecule has 5 fully saturated rings. The normalized spacial score (nSPS) is 38.1. The average Bonchev–Trinajstić information content (AvgIpc) is 2.71. The zero-order chi connectivity index (χ0) is 20.2. The zero-order valence-corrected chi connectivity index (χ0v) is 16.5. The number of carbonyl (C=O) groups is 1. The van der Waals surface area contributed by atoms with Gasteiger partial charge in [-0.15, -0.1) is 0 Å². The van der Waals surface area contributed by atoms with Crippen LogP contribution in [0.4, 0.5) is 11.5 Å². The number of amides is 1. The van der Waals surface area contributed by atoms with Crippen LogP contribution in [0.3, 0.4) is 0 Å². The first-order valence-electron chi connectivity index (χ1n) is 10.8. The molecular formula is C21H28N4O4. The molecule has 0 spiro atoms. The number of aromatic nitrogens is 1. The number of aliphatic hydroxyl groups is 1. The molecular weight excluding hydrogens is 372 g/mol. The Kier molecular flexibility index (Phi) is 4.49. The second-order valence-corrected chi connectivity index (χ2v) is 9.63. The standard InChI is InChI=1S/C21H28N4O4/c26-19-14-6-13-7-15(19)10-21(8-13,9-14)20(27)23-16-2-1-5-24(12-16)18-4-3-17(11-22-18)25(28)29/h3-4,11,13-16,19,26H,1-2,5-10,12H2,(H,23,27). The van der Waals surface area contributed by atoms with Crippen LogP contribution in [0.2, 0.25) is 0 Å². The van der Waals surface area contributed by atoms with E-state index in [-0.39, 0.29) is 29.2 Å². The predicted octanol–water partition coefficient (Wildman–Crippen LogP) is 2.26. The third kappa shape index (κ3) is 3.27. The molecule has 2 heterocycles. The van der Waals surface area contributed by atoms with Gasteiger partial charge in [-0.25, -0.2) is 4.98 Å². The minimum Gasteiger partial charge on any atom is -0.393 e. The van der Waals surface area contributed by atoms with E-state index < -0.39 is 4.92 Å². The topological polar surface area (TPSA) is 109 Å². The molecule has 1 amide bonds. The summed E-state index contributed by atoms with van der Waals surface area (Å²) in [7, 11) is 0. The van der Waals surface area contributed by atoms with Crippen LogP contribution in [0.15, 0.2) is 18.3 Å². The van der Waals surface area contributed by atoms with E-state index in [0.717, 1.165) is 51.5 Å². The highest BCUT2D eigenvalue weighted by atomic mass is 16.6. The Morgan fingerprint density at radius 1 is 1.28 bits per heavy atom. The Labute approximate surface area is 169 Å². The highest BCUT2D eigenvalue weighted by molar-refractivity contribution is 5.83. The van der Waals surface area contributed by atoms with Gasteiger partial charge in [-0.1, -0.05) is 0 Å². The van der Waals surface area contributed by atoms with Gasteiger partial charge in [-0.05, 0) is 68.8 Å². The van der Waals surface area contributed by atoms with Crippen molar-refractivity contribution < 1.29 is 14.8 Å². The first kappa shape index (κ1) is 18.8. The van der Waals surface area contributed by atoms with Crippen molar-refractivity contribution >= 4 is 17.4 Å². The van der Waals surface area contributed by atoms with Gasteiger partial charge in [0, 0.05) is 25.2 Å². The van der Waals surface area contributed by atoms with E-state index in [2.05, 4.69) is 15.2 Å². The van der Waals surface area contributed by atoms with E-state index in [1.807, 2.05) is 0 Å². The van der Waals surface area contributed by atoms with Gasteiger partial charge in [0.05, 0.1) is 16.4 Å². The molecule has 1 aromatic rings. The molecule has 2 N–H and O–H groups in total. The lowest BCUT2D eigenvalue weighted by Crippen LogP contribution is -2.60. The first-order valence-corrected chi connectivity index (χ1v) is 10.8. The Balaban J connectivity index is 1.25. The molecule has 1 aromatic heterocycles. The average molecular weight is 400 g/mol. The summed E-state index contributed by atoms with van der Waals surface area (Å²) in [6.07, 6.45) is 7.74. The quantitative estimate of drug-likeness (QED) is 0.593. The van der Waals surface area contributed by atoms with E-state index in [4.69, 9.17) is 0 Å². The van der Waals surface area contributed by atoms with Crippen molar-refractivity contribution in [2.45, 2.75) is 57.1 Å². The lowest BCUT2D eigenvalue weighted by Gasteiger charge is -2.58. The van der Waals surface area contributed by atoms with Crippen molar-refractivity contribution in [3.05, 3.63) is 28.4 Å². The summed E-state index contributed by atoms with van der Waals surface area (Å²) in [5, 5.41) is 24.6. The summed E-state index contributed by atoms with van der Waals surface area (Å²) in [6.45, 7) is 1.51. The summed E-state index contributed by atoms with van der Waals surface area (Å²) in [6, 6.07) is 3.22. The van der Waals surface area contributed by atoms with Gasteiger partial charge < -0.3 is 15.3 Å². The predicted molar refractivity (Wildman–Crippen MR) is 106 cm³/mol. The molecule has 3 unspecified atom stereocenters. The van der Waals surface area contributed by atoms with Crippen LogP contribution in [0, 0.1) is 33.3 Å². The highest BCUT2D eigenvalue weighted by Gasteiger charge is 2.58. The molecule has 8 heteroatoms. The number of piperidine rings is 1. The molecule has 8 nitrogen and oxygen atoms in total. The number of hydrogen-bond acceptors (Lipinski definition) is 6. The minimum absolute atomic E-state index is 0.0142. The fourth-order valence-electron chi connectivity index (χ4n) is 6.59. The summed E-state index contributed by atoms with van der Waals surface area (Å²) >= 11 is 0. The number of aliphatic hydroxyl groups excluding tert-OH is 1. The molecule has 0 aromatic carbocycles. The van der Waals surface area contributed by atoms with Gasteiger partial charge in [0.15, 0.2) is 0 Å². The number of nitro groups is 1. The Morgan fingerprint density at radius 2 is 2.03 bits per heavy atom. The van der Waals surface area contributed by atoms with Crippen LogP contribution in [0.1, 0.15) is 44.9 Å². The smallest absolute Gasteiger partial charge is 0.287 e. The lowest BCUT2D eigenvalue weighted by atomic mass is 9.48. The van der Waals surface area contributed by atoms with Crippen molar-refractivity contribution in [3.63, 3.8) is 0 Å². The number of hydrogen-bond donors (Lipinski definition) is 2. The SMILES string of the molecule is O=C(NC1CCCN(c2ccc([N+](=O)[O-])cn2)C1)C12CC3CC(C1)C(O)C(C3)C2. The fourth-order valence-corrected chi connectivity index (χ4v) is 6.59. The van der Waals surface area contributed by atoms with E-state index >= 15 is 0 Å². The number of nitrogens with one attached hydrogen (secondary N) is 1. The summed E-state index contributed by atoms with van der Waals surface area (Å²) in [4.78, 5) is 30.1. The molecule has 1 saturated heterocycles. The zero-order valence-electron chi connectivity index (χ0n) is 16.5. The van der Waals surface area contributed by atoms with Crippen LogP contribution in [-0.4, -0.2) is 46.2 Å². The van der Waals surface area contributed by atoms with Gasteiger partial charge in [0.1, 0.15) is 12.0 Å². The Bertz CT molecular complexity index is 797. The van der Waals surface area contributed by atoms with E-state index in [1.54, 1.807) is 6.07 Å². The number of carbonyl (C=O) groups excluding carboxylic acids is 1. The highest BCUT2D eigenvalue weighted by Crippen LogP contribution is 2.60. The monoisotopic (exact) mass is 400 g/mol. The van der Waals surface area contributed by atoms with Crippen molar-refractivity contribution in [2.75, 3.05) is 18.0 Å². The maximum absolute atomic E-state index is 13.3. The molecule has 6 rings (SSSR count). The van der Waals surface area contributed by atoms with Crippen LogP contribution in [-0.2, 0) is 4.79 Å². The van der Waals surface area contributed by atoms with Crippen LogP contribution >= 0.6 is 0 Å². The number of anilines is 1. The van der Waals surface area contributed by atoms with Crippen molar-refractivity contribution in [1.82, 2.24) is 10.3 Å². The molecule has 156 valence electrons. The van der Waals surface area contributed by atoms with Crippen molar-refractivity contribution in [3.8, 4) is 0 Å². The van der Waals surface area contributed by atoms with Gasteiger partial charge in [0.2, 0.25) is 5.91 Å². The number of nitrogens with zero attached hydrogens (tertiary/aromatic N) is 3. The third-order valence-electron chi connectivity index (χ3n) is 7.73. The molecule has 4 aliphatic carbocycles. The second kappa shape index (κ2) is 6.93. The minimum atomic E-state index is -0.446. The van der Waals surface area contributed by atoms with E-state index in [0.29, 0.717) is 30.1 Å². The van der Waals surface area contributed by atoms with Crippen molar-refractivity contribution in [1.29, 1.82) is 0 Å². The van der Waals surface area contributed by atoms with E-state index in [1.165, 1.54) is 12.3 Å². The molecule has 1 aliphatic heterocycles. The van der Waals surface area contributed by atoms with Crippen LogP contribution in [0.25, 0.3) is 0 Å². The van der Waals surface area contributed by atoms with Gasteiger partial charge in [-0.3, -0.25) is 14.9 Å². The molecule has 3 atom stereocenters. The summed E-state index contributed by atoms with van der Waals surface area (Å²) in [5.74, 6) is 2.06. The van der Waals surface area contributed by atoms with Gasteiger partial charge in [0.25, 0.3) is 5.69 Å². The maximum atomic E-state index is 13.3.